The van der Waals surface area contributed by atoms with E-state index in [0.717, 1.165) is 0 Å². The number of aliphatic hydroxyl groups is 1. The van der Waals surface area contributed by atoms with Crippen LogP contribution in [0.1, 0.15) is 38.2 Å². The number of aliphatic carboxylic acids is 1. The zero-order valence-corrected chi connectivity index (χ0v) is 11.5. The molecule has 0 unspecified atom stereocenters. The van der Waals surface area contributed by atoms with E-state index in [1.54, 1.807) is 13.8 Å². The van der Waals surface area contributed by atoms with Gasteiger partial charge < -0.3 is 10.2 Å². The number of allylic oxidation sites excluding steroid dienone is 3. The molecule has 0 aromatic heterocycles. The molecule has 104 valence electrons. The normalized spacial score (nSPS) is 31.8. The Morgan fingerprint density at radius 3 is 2.74 bits per heavy atom. The van der Waals surface area contributed by atoms with Crippen molar-refractivity contribution in [3.63, 3.8) is 0 Å². The van der Waals surface area contributed by atoms with E-state index in [9.17, 15) is 14.7 Å². The molecular formula is C15H20O4. The first kappa shape index (κ1) is 10.1. The Morgan fingerprint density at radius 2 is 2.21 bits per heavy atom. The second-order valence-corrected chi connectivity index (χ2v) is 5.35. The van der Waals surface area contributed by atoms with Crippen LogP contribution >= 0.6 is 0 Å². The number of carbonyl (C=O) groups excluding carboxylic acids is 1. The molecule has 19 heavy (non-hydrogen) atoms. The molecule has 4 heteroatoms. The van der Waals surface area contributed by atoms with Gasteiger partial charge in [0.2, 0.25) is 0 Å². The van der Waals surface area contributed by atoms with Crippen molar-refractivity contribution in [3.05, 3.63) is 35.4 Å². The molecule has 0 heterocycles. The van der Waals surface area contributed by atoms with Gasteiger partial charge in [-0.1, -0.05) is 19.9 Å². The molecule has 0 saturated carbocycles. The zero-order valence-electron chi connectivity index (χ0n) is 15.5. The minimum Gasteiger partial charge on any atom is -0.478 e. The highest BCUT2D eigenvalue weighted by Crippen LogP contribution is 2.44. The van der Waals surface area contributed by atoms with Crippen LogP contribution in [0.25, 0.3) is 1.43 Å². The lowest BCUT2D eigenvalue weighted by Gasteiger charge is -2.43. The quantitative estimate of drug-likeness (QED) is 0.608. The summed E-state index contributed by atoms with van der Waals surface area (Å²) in [6.45, 7) is 5.99. The molecule has 0 bridgehead atoms. The smallest absolute Gasteiger partial charge is 0.328 e. The Labute approximate surface area is 118 Å². The average molecular weight is 268 g/mol. The van der Waals surface area contributed by atoms with Gasteiger partial charge in [-0.05, 0) is 37.1 Å². The fraction of sp³-hybridized carbons (Fsp3) is 0.467. The van der Waals surface area contributed by atoms with Crippen LogP contribution in [-0.4, -0.2) is 27.6 Å². The number of hydrogen-bond acceptors (Lipinski definition) is 4. The van der Waals surface area contributed by atoms with Gasteiger partial charge in [0.15, 0.2) is 5.78 Å². The van der Waals surface area contributed by atoms with Gasteiger partial charge in [-0.2, -0.15) is 0 Å². The maximum absolute atomic E-state index is 11.7. The molecule has 0 amide bonds. The highest BCUT2D eigenvalue weighted by Gasteiger charge is 2.46. The van der Waals surface area contributed by atoms with Crippen molar-refractivity contribution in [1.29, 1.82) is 1.43 Å². The van der Waals surface area contributed by atoms with Crippen molar-refractivity contribution >= 4 is 11.8 Å². The first-order valence-corrected chi connectivity index (χ1v) is 5.87. The predicted octanol–water partition coefficient (Wildman–Crippen LogP) is 2.25. The third-order valence-corrected chi connectivity index (χ3v) is 3.26. The summed E-state index contributed by atoms with van der Waals surface area (Å²) in [6.07, 6.45) is 1.24. The largest absolute Gasteiger partial charge is 0.478 e. The number of carboxylic acids is 1. The van der Waals surface area contributed by atoms with Gasteiger partial charge in [0.25, 0.3) is 1.43 Å². The van der Waals surface area contributed by atoms with Crippen molar-refractivity contribution in [1.82, 2.24) is 0 Å². The highest BCUT2D eigenvalue weighted by atomic mass is 16.4. The maximum Gasteiger partial charge on any atom is 0.328 e. The van der Waals surface area contributed by atoms with Crippen LogP contribution in [0.2, 0.25) is 0 Å². The molecule has 2 N–H and O–H groups in total. The molecule has 0 aromatic carbocycles. The summed E-state index contributed by atoms with van der Waals surface area (Å²) in [5, 5.41) is 14.7. The van der Waals surface area contributed by atoms with Crippen LogP contribution in [0.15, 0.2) is 35.4 Å². The van der Waals surface area contributed by atoms with Crippen molar-refractivity contribution in [3.8, 4) is 0 Å². The zero-order chi connectivity index (χ0) is 18.2. The standard InChI is InChI=1S/C15H20O4/c1-10(7-13(17)18)5-6-15(19)11(2)8-12(16)9-14(15,3)4/h5-8,19H,9H2,1-4H3,(H,17,18)/b6-5?,10-7-/t15-/m1/s1/i5D,6D,7D/hD. The molecule has 4 nitrogen and oxygen atoms in total. The Morgan fingerprint density at radius 1 is 1.58 bits per heavy atom. The maximum atomic E-state index is 11.7. The van der Waals surface area contributed by atoms with E-state index < -0.39 is 35.1 Å². The fourth-order valence-corrected chi connectivity index (χ4v) is 2.13. The van der Waals surface area contributed by atoms with Crippen LogP contribution in [0.4, 0.5) is 0 Å². The molecule has 1 rings (SSSR count). The molecule has 0 spiro atoms. The lowest BCUT2D eigenvalue weighted by Crippen LogP contribution is -2.48. The number of rotatable bonds is 3. The van der Waals surface area contributed by atoms with E-state index in [1.807, 2.05) is 0 Å². The van der Waals surface area contributed by atoms with E-state index in [0.29, 0.717) is 0 Å². The van der Waals surface area contributed by atoms with Crippen molar-refractivity contribution in [2.24, 2.45) is 5.41 Å². The molecular weight excluding hydrogens is 244 g/mol. The minimum atomic E-state index is -1.87. The second kappa shape index (κ2) is 5.13. The third-order valence-electron chi connectivity index (χ3n) is 3.26. The Bertz CT molecular complexity index is 646. The molecule has 0 fully saturated rings. The van der Waals surface area contributed by atoms with Crippen LogP contribution < -0.4 is 0 Å². The Kier molecular flexibility index (Phi) is 2.74. The predicted molar refractivity (Wildman–Crippen MR) is 72.6 cm³/mol. The van der Waals surface area contributed by atoms with E-state index in [1.165, 1.54) is 19.9 Å². The summed E-state index contributed by atoms with van der Waals surface area (Å²) in [6, 6.07) is -1.76. The van der Waals surface area contributed by atoms with Crippen LogP contribution in [-0.2, 0) is 9.59 Å². The molecule has 1 aliphatic carbocycles. The molecule has 1 atom stereocenters. The van der Waals surface area contributed by atoms with Crippen LogP contribution in [0.5, 0.6) is 0 Å². The molecule has 1 aliphatic rings. The number of hydrogen-bond donors (Lipinski definition) is 2. The first-order chi connectivity index (χ1) is 10.4. The van der Waals surface area contributed by atoms with E-state index in [4.69, 9.17) is 5.54 Å². The van der Waals surface area contributed by atoms with Gasteiger partial charge in [0.1, 0.15) is 5.60 Å². The van der Waals surface area contributed by atoms with E-state index in [-0.39, 0.29) is 23.4 Å². The third kappa shape index (κ3) is 3.20. The van der Waals surface area contributed by atoms with Crippen molar-refractivity contribution in [2.75, 3.05) is 0 Å². The Balaban J connectivity index is 3.56. The highest BCUT2D eigenvalue weighted by molar-refractivity contribution is 5.92. The summed E-state index contributed by atoms with van der Waals surface area (Å²) < 4.78 is 30.3. The van der Waals surface area contributed by atoms with Gasteiger partial charge in [-0.3, -0.25) is 4.79 Å². The minimum absolute atomic E-state index is 0.00174. The summed E-state index contributed by atoms with van der Waals surface area (Å²) >= 11 is 0. The van der Waals surface area contributed by atoms with Crippen molar-refractivity contribution < 1.29 is 23.9 Å². The van der Waals surface area contributed by atoms with Crippen LogP contribution in [0.3, 0.4) is 0 Å². The van der Waals surface area contributed by atoms with Gasteiger partial charge in [0.05, 0.1) is 4.11 Å². The molecule has 0 radical (unpaired) electrons. The molecule has 0 aliphatic heterocycles. The summed E-state index contributed by atoms with van der Waals surface area (Å²) in [7, 11) is 0. The molecule has 0 aromatic rings. The number of carbonyl (C=O) groups is 2. The topological polar surface area (TPSA) is 74.6 Å². The monoisotopic (exact) mass is 268 g/mol. The van der Waals surface area contributed by atoms with E-state index in [2.05, 4.69) is 5.11 Å². The van der Waals surface area contributed by atoms with Gasteiger partial charge in [-0.15, -0.1) is 0 Å². The SMILES string of the molecule is [2H]OC(=O)/C([2H])=C(/C)C([2H])=C([2H])[C@@]1(O)C(C)=CC(=O)CC1(C)C. The fourth-order valence-electron chi connectivity index (χ4n) is 2.13. The Hall–Kier alpha value is -1.68. The number of ketones is 1. The van der Waals surface area contributed by atoms with Gasteiger partial charge >= 0.3 is 5.97 Å². The molecule has 0 saturated heterocycles. The van der Waals surface area contributed by atoms with Gasteiger partial charge in [0, 0.05) is 17.9 Å². The second-order valence-electron chi connectivity index (χ2n) is 5.35. The van der Waals surface area contributed by atoms with E-state index >= 15 is 0 Å². The van der Waals surface area contributed by atoms with Crippen molar-refractivity contribution in [2.45, 2.75) is 39.7 Å². The number of carboxylic acid groups (broad SMARTS) is 1. The van der Waals surface area contributed by atoms with Gasteiger partial charge in [-0.25, -0.2) is 4.79 Å². The van der Waals surface area contributed by atoms with Crippen LogP contribution in [0, 0.1) is 5.41 Å². The summed E-state index contributed by atoms with van der Waals surface area (Å²) in [5.41, 5.74) is -2.85. The first-order valence-electron chi connectivity index (χ1n) is 7.78. The summed E-state index contributed by atoms with van der Waals surface area (Å²) in [4.78, 5) is 22.9. The average Bonchev–Trinajstić information content (AvgIpc) is 2.47. The lowest BCUT2D eigenvalue weighted by molar-refractivity contribution is -0.131. The lowest BCUT2D eigenvalue weighted by atomic mass is 9.64. The summed E-state index contributed by atoms with van der Waals surface area (Å²) in [5.74, 6) is -1.43.